The second-order valence-corrected chi connectivity index (χ2v) is 4.96. The van der Waals surface area contributed by atoms with E-state index in [0.29, 0.717) is 12.5 Å². The van der Waals surface area contributed by atoms with Gasteiger partial charge in [-0.2, -0.15) is 0 Å². The molecule has 6 nitrogen and oxygen atoms in total. The molecule has 1 aromatic heterocycles. The molecule has 102 valence electrons. The Morgan fingerprint density at radius 1 is 1.39 bits per heavy atom. The van der Waals surface area contributed by atoms with Gasteiger partial charge in [0.1, 0.15) is 6.10 Å². The molecule has 0 aliphatic heterocycles. The normalized spacial score (nSPS) is 19.0. The Kier molecular flexibility index (Phi) is 5.07. The van der Waals surface area contributed by atoms with E-state index < -0.39 is 0 Å². The lowest BCUT2D eigenvalue weighted by atomic mass is 9.85. The molecule has 1 heterocycles. The zero-order chi connectivity index (χ0) is 12.8. The quantitative estimate of drug-likeness (QED) is 0.826. The Balaban J connectivity index is 2.08. The smallest absolute Gasteiger partial charge is 0.180 e. The van der Waals surface area contributed by atoms with Gasteiger partial charge >= 0.3 is 0 Å². The fourth-order valence-electron chi connectivity index (χ4n) is 2.76. The fraction of sp³-hybridized carbons (Fsp3) is 0.917. The summed E-state index contributed by atoms with van der Waals surface area (Å²) in [6.45, 7) is 1.42. The van der Waals surface area contributed by atoms with Crippen molar-refractivity contribution in [1.29, 1.82) is 0 Å². The van der Waals surface area contributed by atoms with E-state index >= 15 is 0 Å². The molecule has 1 unspecified atom stereocenters. The molecule has 1 aliphatic carbocycles. The molecule has 0 aromatic carbocycles. The maximum absolute atomic E-state index is 5.66. The maximum atomic E-state index is 5.66. The van der Waals surface area contributed by atoms with Gasteiger partial charge in [-0.25, -0.2) is 4.68 Å². The van der Waals surface area contributed by atoms with Crippen molar-refractivity contribution in [1.82, 2.24) is 20.2 Å². The van der Waals surface area contributed by atoms with Crippen LogP contribution in [0.3, 0.4) is 0 Å². The fourth-order valence-corrected chi connectivity index (χ4v) is 2.76. The number of methoxy groups -OCH3 is 1. The highest BCUT2D eigenvalue weighted by Crippen LogP contribution is 2.35. The topological polar surface area (TPSA) is 78.9 Å². The van der Waals surface area contributed by atoms with Gasteiger partial charge < -0.3 is 10.5 Å². The third-order valence-corrected chi connectivity index (χ3v) is 3.72. The van der Waals surface area contributed by atoms with E-state index in [1.165, 1.54) is 32.1 Å². The predicted octanol–water partition coefficient (Wildman–Crippen LogP) is 1.29. The Hall–Kier alpha value is -1.01. The van der Waals surface area contributed by atoms with E-state index in [2.05, 4.69) is 15.5 Å². The number of hydrogen-bond donors (Lipinski definition) is 1. The minimum atomic E-state index is 0.0260. The van der Waals surface area contributed by atoms with Gasteiger partial charge in [-0.3, -0.25) is 0 Å². The summed E-state index contributed by atoms with van der Waals surface area (Å²) in [5.74, 6) is 1.41. The zero-order valence-electron chi connectivity index (χ0n) is 11.1. The third kappa shape index (κ3) is 3.05. The van der Waals surface area contributed by atoms with Gasteiger partial charge in [-0.15, -0.1) is 5.10 Å². The van der Waals surface area contributed by atoms with Gasteiger partial charge in [0, 0.05) is 13.7 Å². The number of rotatable bonds is 6. The molecule has 0 amide bonds. The van der Waals surface area contributed by atoms with Crippen LogP contribution >= 0.6 is 0 Å². The van der Waals surface area contributed by atoms with Crippen LogP contribution in [-0.2, 0) is 11.3 Å². The molecule has 2 N–H and O–H groups in total. The second-order valence-electron chi connectivity index (χ2n) is 4.96. The van der Waals surface area contributed by atoms with Crippen LogP contribution in [0.1, 0.15) is 50.5 Å². The summed E-state index contributed by atoms with van der Waals surface area (Å²) in [5.41, 5.74) is 5.53. The van der Waals surface area contributed by atoms with Gasteiger partial charge in [-0.1, -0.05) is 19.3 Å². The number of nitrogens with two attached hydrogens (primary N) is 1. The van der Waals surface area contributed by atoms with Crippen LogP contribution in [-0.4, -0.2) is 33.9 Å². The molecule has 1 aliphatic rings. The van der Waals surface area contributed by atoms with Crippen LogP contribution in [0.5, 0.6) is 0 Å². The number of aromatic nitrogens is 4. The van der Waals surface area contributed by atoms with E-state index in [0.717, 1.165) is 18.8 Å². The van der Waals surface area contributed by atoms with Crippen molar-refractivity contribution in [2.24, 2.45) is 11.7 Å². The van der Waals surface area contributed by atoms with Crippen LogP contribution < -0.4 is 5.73 Å². The van der Waals surface area contributed by atoms with Crippen molar-refractivity contribution in [2.75, 3.05) is 13.7 Å². The molecule has 1 atom stereocenters. The summed E-state index contributed by atoms with van der Waals surface area (Å²) in [6.07, 6.45) is 7.25. The molecule has 18 heavy (non-hydrogen) atoms. The first-order valence-corrected chi connectivity index (χ1v) is 6.85. The van der Waals surface area contributed by atoms with Crippen molar-refractivity contribution in [3.63, 3.8) is 0 Å². The predicted molar refractivity (Wildman–Crippen MR) is 67.8 cm³/mol. The summed E-state index contributed by atoms with van der Waals surface area (Å²) in [4.78, 5) is 0. The minimum Gasteiger partial charge on any atom is -0.373 e. The Morgan fingerprint density at radius 2 is 2.17 bits per heavy atom. The average Bonchev–Trinajstić information content (AvgIpc) is 2.87. The summed E-state index contributed by atoms with van der Waals surface area (Å²) in [5, 5.41) is 12.0. The molecule has 2 rings (SSSR count). The van der Waals surface area contributed by atoms with Gasteiger partial charge in [0.15, 0.2) is 5.82 Å². The van der Waals surface area contributed by atoms with E-state index in [4.69, 9.17) is 10.5 Å². The zero-order valence-corrected chi connectivity index (χ0v) is 11.1. The summed E-state index contributed by atoms with van der Waals surface area (Å²) >= 11 is 0. The van der Waals surface area contributed by atoms with Crippen LogP contribution in [0.15, 0.2) is 0 Å². The summed E-state index contributed by atoms with van der Waals surface area (Å²) < 4.78 is 7.50. The minimum absolute atomic E-state index is 0.0260. The van der Waals surface area contributed by atoms with Crippen LogP contribution in [0, 0.1) is 5.92 Å². The first kappa shape index (κ1) is 13.4. The maximum Gasteiger partial charge on any atom is 0.180 e. The van der Waals surface area contributed by atoms with E-state index in [1.807, 2.05) is 4.68 Å². The second kappa shape index (κ2) is 6.80. The van der Waals surface area contributed by atoms with Crippen LogP contribution in [0.4, 0.5) is 0 Å². The largest absolute Gasteiger partial charge is 0.373 e. The SMILES string of the molecule is COC(c1nnnn1CCCN)C1CCCCC1. The number of ether oxygens (including phenoxy) is 1. The average molecular weight is 253 g/mol. The Morgan fingerprint density at radius 3 is 2.83 bits per heavy atom. The highest BCUT2D eigenvalue weighted by molar-refractivity contribution is 4.93. The molecule has 1 aromatic rings. The lowest BCUT2D eigenvalue weighted by Gasteiger charge is -2.28. The Labute approximate surface area is 108 Å². The highest BCUT2D eigenvalue weighted by Gasteiger charge is 2.29. The number of tetrazole rings is 1. The van der Waals surface area contributed by atoms with E-state index in [1.54, 1.807) is 7.11 Å². The van der Waals surface area contributed by atoms with Gasteiger partial charge in [0.05, 0.1) is 0 Å². The molecular formula is C12H23N5O. The monoisotopic (exact) mass is 253 g/mol. The summed E-state index contributed by atoms with van der Waals surface area (Å²) in [6, 6.07) is 0. The van der Waals surface area contributed by atoms with Gasteiger partial charge in [0.2, 0.25) is 0 Å². The molecule has 0 radical (unpaired) electrons. The summed E-state index contributed by atoms with van der Waals surface area (Å²) in [7, 11) is 1.75. The number of hydrogen-bond acceptors (Lipinski definition) is 5. The molecule has 0 bridgehead atoms. The van der Waals surface area contributed by atoms with Crippen molar-refractivity contribution in [3.05, 3.63) is 5.82 Å². The van der Waals surface area contributed by atoms with Crippen molar-refractivity contribution >= 4 is 0 Å². The molecule has 1 saturated carbocycles. The van der Waals surface area contributed by atoms with Gasteiger partial charge in [0.25, 0.3) is 0 Å². The molecular weight excluding hydrogens is 230 g/mol. The third-order valence-electron chi connectivity index (χ3n) is 3.72. The van der Waals surface area contributed by atoms with E-state index in [-0.39, 0.29) is 6.10 Å². The lowest BCUT2D eigenvalue weighted by molar-refractivity contribution is 0.0254. The van der Waals surface area contributed by atoms with Gasteiger partial charge in [-0.05, 0) is 42.2 Å². The van der Waals surface area contributed by atoms with Crippen molar-refractivity contribution in [3.8, 4) is 0 Å². The highest BCUT2D eigenvalue weighted by atomic mass is 16.5. The first-order chi connectivity index (χ1) is 8.86. The molecule has 0 spiro atoms. The first-order valence-electron chi connectivity index (χ1n) is 6.85. The number of aryl methyl sites for hydroxylation is 1. The molecule has 6 heteroatoms. The Bertz CT molecular complexity index is 348. The van der Waals surface area contributed by atoms with Crippen molar-refractivity contribution < 1.29 is 4.74 Å². The van der Waals surface area contributed by atoms with E-state index in [9.17, 15) is 0 Å². The number of nitrogens with zero attached hydrogens (tertiary/aromatic N) is 4. The van der Waals surface area contributed by atoms with Crippen LogP contribution in [0.25, 0.3) is 0 Å². The molecule has 1 fully saturated rings. The molecule has 0 saturated heterocycles. The van der Waals surface area contributed by atoms with Crippen molar-refractivity contribution in [2.45, 2.75) is 51.2 Å². The standard InChI is InChI=1S/C12H23N5O/c1-18-11(10-6-3-2-4-7-10)12-14-15-16-17(12)9-5-8-13/h10-11H,2-9,13H2,1H3. The van der Waals surface area contributed by atoms with Crippen LogP contribution in [0.2, 0.25) is 0 Å². The lowest BCUT2D eigenvalue weighted by Crippen LogP contribution is -2.22.